The van der Waals surface area contributed by atoms with Gasteiger partial charge in [-0.3, -0.25) is 14.4 Å². The summed E-state index contributed by atoms with van der Waals surface area (Å²) in [5, 5.41) is 14.6. The van der Waals surface area contributed by atoms with Crippen LogP contribution in [0.3, 0.4) is 0 Å². The number of rotatable bonds is 8. The van der Waals surface area contributed by atoms with Gasteiger partial charge in [-0.1, -0.05) is 79.9 Å². The molecule has 6 heteroatoms. The molecule has 2 saturated heterocycles. The Hall–Kier alpha value is -2.96. The van der Waals surface area contributed by atoms with Gasteiger partial charge in [-0.15, -0.1) is 0 Å². The van der Waals surface area contributed by atoms with E-state index in [0.717, 1.165) is 45.3 Å². The third kappa shape index (κ3) is 7.90. The number of nitrogens with zero attached hydrogens (tertiary/aromatic N) is 4. The van der Waals surface area contributed by atoms with Gasteiger partial charge in [0.15, 0.2) is 0 Å². The standard InChI is InChI=1S/C18H25N3.C18H25NO2/c1-3-21-17(13-15-7-5-4-6-8-15)14-18(19-21)16-9-11-20(2)12-10-16;20-18(21)17(15-9-5-2-6-10-15)19-12-11-16(13-19)14-7-3-1-4-8-14/h4-8,14,16H,3,9-13H2,1-2H3;1,3-4,7-8,15-17H,2,5-6,9-13H2,(H,20,21)/t;16-,17-/m.1/s1. The van der Waals surface area contributed by atoms with Gasteiger partial charge in [-0.05, 0) is 94.7 Å². The third-order valence-corrected chi connectivity index (χ3v) is 9.78. The normalized spacial score (nSPS) is 21.5. The number of hydrogen-bond donors (Lipinski definition) is 1. The first-order chi connectivity index (χ1) is 20.5. The molecule has 42 heavy (non-hydrogen) atoms. The van der Waals surface area contributed by atoms with Crippen LogP contribution in [0.25, 0.3) is 0 Å². The van der Waals surface area contributed by atoms with Gasteiger partial charge in [-0.2, -0.15) is 5.10 Å². The zero-order chi connectivity index (χ0) is 29.3. The summed E-state index contributed by atoms with van der Waals surface area (Å²) in [4.78, 5) is 16.4. The number of carboxylic acids is 1. The summed E-state index contributed by atoms with van der Waals surface area (Å²) < 4.78 is 2.18. The zero-order valence-electron chi connectivity index (χ0n) is 25.7. The van der Waals surface area contributed by atoms with E-state index in [4.69, 9.17) is 5.10 Å². The van der Waals surface area contributed by atoms with Crippen LogP contribution < -0.4 is 0 Å². The van der Waals surface area contributed by atoms with Crippen LogP contribution in [0.15, 0.2) is 66.7 Å². The molecule has 3 heterocycles. The summed E-state index contributed by atoms with van der Waals surface area (Å²) in [5.74, 6) is 0.876. The van der Waals surface area contributed by atoms with Crippen LogP contribution in [0.4, 0.5) is 0 Å². The summed E-state index contributed by atoms with van der Waals surface area (Å²) >= 11 is 0. The van der Waals surface area contributed by atoms with Crippen molar-refractivity contribution in [2.75, 3.05) is 33.2 Å². The van der Waals surface area contributed by atoms with Crippen molar-refractivity contribution in [2.45, 2.75) is 89.1 Å². The second kappa shape index (κ2) is 15.0. The van der Waals surface area contributed by atoms with Crippen molar-refractivity contribution >= 4 is 5.97 Å². The molecule has 226 valence electrons. The van der Waals surface area contributed by atoms with Crippen molar-refractivity contribution < 1.29 is 9.90 Å². The van der Waals surface area contributed by atoms with Crippen LogP contribution in [-0.2, 0) is 17.8 Å². The maximum atomic E-state index is 11.8. The highest BCUT2D eigenvalue weighted by molar-refractivity contribution is 5.74. The van der Waals surface area contributed by atoms with E-state index in [2.05, 4.69) is 89.1 Å². The summed E-state index contributed by atoms with van der Waals surface area (Å²) in [6.45, 7) is 7.34. The topological polar surface area (TPSA) is 61.6 Å². The molecule has 2 aliphatic heterocycles. The average Bonchev–Trinajstić information content (AvgIpc) is 3.67. The van der Waals surface area contributed by atoms with Gasteiger partial charge in [0.2, 0.25) is 0 Å². The Balaban J connectivity index is 0.000000168. The molecule has 1 N–H and O–H groups in total. The molecule has 1 aliphatic carbocycles. The Morgan fingerprint density at radius 3 is 2.17 bits per heavy atom. The average molecular weight is 571 g/mol. The van der Waals surface area contributed by atoms with E-state index in [9.17, 15) is 9.90 Å². The Kier molecular flexibility index (Phi) is 10.9. The van der Waals surface area contributed by atoms with E-state index < -0.39 is 5.97 Å². The molecule has 0 radical (unpaired) electrons. The maximum absolute atomic E-state index is 11.8. The maximum Gasteiger partial charge on any atom is 0.321 e. The monoisotopic (exact) mass is 570 g/mol. The lowest BCUT2D eigenvalue weighted by Crippen LogP contribution is -2.45. The van der Waals surface area contributed by atoms with Crippen LogP contribution in [0.5, 0.6) is 0 Å². The lowest BCUT2D eigenvalue weighted by Gasteiger charge is -2.33. The van der Waals surface area contributed by atoms with E-state index in [1.165, 1.54) is 67.7 Å². The number of aliphatic carboxylic acids is 1. The minimum Gasteiger partial charge on any atom is -0.480 e. The molecule has 1 aromatic heterocycles. The van der Waals surface area contributed by atoms with Crippen molar-refractivity contribution in [3.63, 3.8) is 0 Å². The first-order valence-corrected chi connectivity index (χ1v) is 16.3. The predicted molar refractivity (Wildman–Crippen MR) is 170 cm³/mol. The summed E-state index contributed by atoms with van der Waals surface area (Å²) in [5.41, 5.74) is 5.36. The number of carboxylic acid groups (broad SMARTS) is 1. The van der Waals surface area contributed by atoms with Crippen molar-refractivity contribution in [1.29, 1.82) is 0 Å². The molecule has 0 amide bonds. The van der Waals surface area contributed by atoms with Crippen LogP contribution in [0, 0.1) is 5.92 Å². The van der Waals surface area contributed by atoms with Crippen LogP contribution in [0.2, 0.25) is 0 Å². The fourth-order valence-electron chi connectivity index (χ4n) is 7.35. The van der Waals surface area contributed by atoms with Gasteiger partial charge in [-0.25, -0.2) is 0 Å². The summed E-state index contributed by atoms with van der Waals surface area (Å²) in [6, 6.07) is 23.3. The SMILES string of the molecule is CCn1nc(C2CCN(C)CC2)cc1Cc1ccccc1.O=C(O)[C@@H](C1CCCCC1)N1CC[C@@H](c2ccccc2)C1. The predicted octanol–water partition coefficient (Wildman–Crippen LogP) is 6.81. The van der Waals surface area contributed by atoms with Crippen LogP contribution in [-0.4, -0.2) is 69.9 Å². The number of piperidine rings is 1. The molecule has 3 aliphatic rings. The molecular weight excluding hydrogens is 520 g/mol. The fraction of sp³-hybridized carbons (Fsp3) is 0.556. The smallest absolute Gasteiger partial charge is 0.321 e. The van der Waals surface area contributed by atoms with Gasteiger partial charge < -0.3 is 10.0 Å². The Morgan fingerprint density at radius 2 is 1.52 bits per heavy atom. The molecular formula is C36H50N4O2. The molecule has 0 unspecified atom stereocenters. The highest BCUT2D eigenvalue weighted by Gasteiger charge is 2.38. The van der Waals surface area contributed by atoms with E-state index in [0.29, 0.717) is 17.8 Å². The van der Waals surface area contributed by atoms with Crippen molar-refractivity contribution in [2.24, 2.45) is 5.92 Å². The molecule has 6 nitrogen and oxygen atoms in total. The number of hydrogen-bond acceptors (Lipinski definition) is 4. The highest BCUT2D eigenvalue weighted by Crippen LogP contribution is 2.34. The van der Waals surface area contributed by atoms with E-state index in [1.807, 2.05) is 6.07 Å². The minimum atomic E-state index is -0.615. The van der Waals surface area contributed by atoms with Gasteiger partial charge in [0.25, 0.3) is 0 Å². The fourth-order valence-corrected chi connectivity index (χ4v) is 7.35. The summed E-state index contributed by atoms with van der Waals surface area (Å²) in [7, 11) is 2.21. The van der Waals surface area contributed by atoms with E-state index >= 15 is 0 Å². The molecule has 6 rings (SSSR count). The first-order valence-electron chi connectivity index (χ1n) is 16.3. The van der Waals surface area contributed by atoms with Crippen molar-refractivity contribution in [1.82, 2.24) is 19.6 Å². The number of benzene rings is 2. The molecule has 3 aromatic rings. The lowest BCUT2D eigenvalue weighted by atomic mass is 9.83. The molecule has 0 spiro atoms. The Labute approximate surface area is 252 Å². The molecule has 1 saturated carbocycles. The number of aryl methyl sites for hydroxylation is 1. The second-order valence-corrected chi connectivity index (χ2v) is 12.7. The molecule has 0 bridgehead atoms. The van der Waals surface area contributed by atoms with Crippen LogP contribution in [0.1, 0.15) is 92.6 Å². The van der Waals surface area contributed by atoms with Gasteiger partial charge in [0.05, 0.1) is 5.69 Å². The highest BCUT2D eigenvalue weighted by atomic mass is 16.4. The Bertz CT molecular complexity index is 1230. The quantitative estimate of drug-likeness (QED) is 0.322. The molecule has 2 atom stereocenters. The lowest BCUT2D eigenvalue weighted by molar-refractivity contribution is -0.145. The third-order valence-electron chi connectivity index (χ3n) is 9.78. The number of aromatic nitrogens is 2. The number of carbonyl (C=O) groups is 1. The van der Waals surface area contributed by atoms with Gasteiger partial charge in [0, 0.05) is 31.1 Å². The van der Waals surface area contributed by atoms with Gasteiger partial charge >= 0.3 is 5.97 Å². The molecule has 3 fully saturated rings. The minimum absolute atomic E-state index is 0.265. The largest absolute Gasteiger partial charge is 0.480 e. The first kappa shape index (κ1) is 30.5. The van der Waals surface area contributed by atoms with E-state index in [1.54, 1.807) is 0 Å². The zero-order valence-corrected chi connectivity index (χ0v) is 25.7. The summed E-state index contributed by atoms with van der Waals surface area (Å²) in [6.07, 6.45) is 10.4. The Morgan fingerprint density at radius 1 is 0.881 bits per heavy atom. The van der Waals surface area contributed by atoms with Crippen LogP contribution >= 0.6 is 0 Å². The van der Waals surface area contributed by atoms with Crippen molar-refractivity contribution in [3.05, 3.63) is 89.2 Å². The second-order valence-electron chi connectivity index (χ2n) is 12.7. The van der Waals surface area contributed by atoms with E-state index in [-0.39, 0.29) is 6.04 Å². The van der Waals surface area contributed by atoms with Gasteiger partial charge in [0.1, 0.15) is 6.04 Å². The number of likely N-dealkylation sites (tertiary alicyclic amines) is 2. The van der Waals surface area contributed by atoms with Crippen molar-refractivity contribution in [3.8, 4) is 0 Å². The molecule has 2 aromatic carbocycles.